The van der Waals surface area contributed by atoms with Gasteiger partial charge in [0.05, 0.1) is 23.2 Å². The fourth-order valence-electron chi connectivity index (χ4n) is 1.79. The van der Waals surface area contributed by atoms with E-state index in [0.29, 0.717) is 12.1 Å². The lowest BCUT2D eigenvalue weighted by atomic mass is 9.97. The normalized spacial score (nSPS) is 14.9. The summed E-state index contributed by atoms with van der Waals surface area (Å²) in [5.74, 6) is -2.64. The van der Waals surface area contributed by atoms with Crippen molar-refractivity contribution in [1.29, 1.82) is 5.26 Å². The quantitative estimate of drug-likeness (QED) is 0.644. The number of hydrogen-bond donors (Lipinski definition) is 1. The van der Waals surface area contributed by atoms with Crippen LogP contribution in [0.15, 0.2) is 12.1 Å². The molecule has 6 nitrogen and oxygen atoms in total. The molecule has 0 aliphatic carbocycles. The van der Waals surface area contributed by atoms with Gasteiger partial charge in [0.25, 0.3) is 0 Å². The molecule has 0 heterocycles. The average molecular weight is 299 g/mol. The molecule has 114 valence electrons. The maximum absolute atomic E-state index is 13.7. The summed E-state index contributed by atoms with van der Waals surface area (Å²) < 4.78 is 32.4. The summed E-state index contributed by atoms with van der Waals surface area (Å²) in [4.78, 5) is 9.47. The summed E-state index contributed by atoms with van der Waals surface area (Å²) in [6, 6.07) is 3.15. The first-order valence-corrected chi connectivity index (χ1v) is 6.12. The smallest absolute Gasteiger partial charge is 0.307 e. The van der Waals surface area contributed by atoms with Crippen LogP contribution < -0.4 is 10.1 Å². The predicted octanol–water partition coefficient (Wildman–Crippen LogP) is 2.53. The van der Waals surface area contributed by atoms with Gasteiger partial charge >= 0.3 is 5.69 Å². The first-order valence-electron chi connectivity index (χ1n) is 6.12. The molecule has 1 N–H and O–H groups in total. The topological polar surface area (TPSA) is 88.2 Å². The van der Waals surface area contributed by atoms with E-state index in [1.165, 1.54) is 0 Å². The number of nitrogens with zero attached hydrogens (tertiary/aromatic N) is 2. The minimum atomic E-state index is -1.18. The first kappa shape index (κ1) is 16.8. The zero-order valence-electron chi connectivity index (χ0n) is 11.8. The van der Waals surface area contributed by atoms with Gasteiger partial charge < -0.3 is 10.1 Å². The average Bonchev–Trinajstić information content (AvgIpc) is 2.41. The fourth-order valence-corrected chi connectivity index (χ4v) is 1.79. The van der Waals surface area contributed by atoms with Gasteiger partial charge in [0, 0.05) is 12.5 Å². The Morgan fingerprint density at radius 3 is 2.62 bits per heavy atom. The van der Waals surface area contributed by atoms with Crippen LogP contribution in [0.1, 0.15) is 20.3 Å². The van der Waals surface area contributed by atoms with Gasteiger partial charge in [-0.15, -0.1) is 0 Å². The molecule has 21 heavy (non-hydrogen) atoms. The van der Waals surface area contributed by atoms with Gasteiger partial charge in [-0.2, -0.15) is 9.65 Å². The molecule has 1 aromatic rings. The van der Waals surface area contributed by atoms with E-state index in [0.717, 1.165) is 0 Å². The van der Waals surface area contributed by atoms with Gasteiger partial charge in [-0.05, 0) is 20.9 Å². The Balaban J connectivity index is 2.92. The second-order valence-electron chi connectivity index (χ2n) is 4.82. The van der Waals surface area contributed by atoms with Crippen molar-refractivity contribution < 1.29 is 18.4 Å². The van der Waals surface area contributed by atoms with E-state index >= 15 is 0 Å². The van der Waals surface area contributed by atoms with Crippen molar-refractivity contribution in [3.8, 4) is 11.8 Å². The van der Waals surface area contributed by atoms with Crippen LogP contribution in [-0.2, 0) is 0 Å². The number of hydrogen-bond acceptors (Lipinski definition) is 5. The Morgan fingerprint density at radius 2 is 2.14 bits per heavy atom. The zero-order valence-corrected chi connectivity index (χ0v) is 11.8. The van der Waals surface area contributed by atoms with Crippen molar-refractivity contribution in [2.45, 2.75) is 31.9 Å². The van der Waals surface area contributed by atoms with Crippen LogP contribution in [-0.4, -0.2) is 23.6 Å². The number of nitrogens with one attached hydrogen (secondary N) is 1. The van der Waals surface area contributed by atoms with E-state index in [9.17, 15) is 18.9 Å². The molecule has 1 aromatic carbocycles. The van der Waals surface area contributed by atoms with E-state index in [1.807, 2.05) is 6.07 Å². The molecule has 0 amide bonds. The Labute approximate surface area is 120 Å². The fraction of sp³-hybridized carbons (Fsp3) is 0.462. The lowest BCUT2D eigenvalue weighted by Crippen LogP contribution is -2.41. The maximum Gasteiger partial charge on any atom is 0.307 e. The van der Waals surface area contributed by atoms with Crippen molar-refractivity contribution in [3.63, 3.8) is 0 Å². The molecule has 0 bridgehead atoms. The van der Waals surface area contributed by atoms with Crippen LogP contribution in [0.5, 0.6) is 5.75 Å². The van der Waals surface area contributed by atoms with Crippen molar-refractivity contribution in [2.24, 2.45) is 0 Å². The summed E-state index contributed by atoms with van der Waals surface area (Å²) in [5.41, 5.74) is -1.83. The van der Waals surface area contributed by atoms with E-state index in [2.05, 4.69) is 5.32 Å². The Kier molecular flexibility index (Phi) is 5.16. The number of nitriles is 1. The van der Waals surface area contributed by atoms with Gasteiger partial charge in [0.1, 0.15) is 5.54 Å². The molecule has 0 saturated heterocycles. The first-order chi connectivity index (χ1) is 9.72. The van der Waals surface area contributed by atoms with Crippen LogP contribution in [0, 0.1) is 33.1 Å². The van der Waals surface area contributed by atoms with Crippen LogP contribution in [0.2, 0.25) is 0 Å². The highest BCUT2D eigenvalue weighted by atomic mass is 19.1. The van der Waals surface area contributed by atoms with Gasteiger partial charge in [0.15, 0.2) is 11.6 Å². The zero-order chi connectivity index (χ0) is 16.2. The Bertz CT molecular complexity index is 589. The molecular formula is C13H15F2N3O3. The third kappa shape index (κ3) is 4.10. The van der Waals surface area contributed by atoms with Crippen molar-refractivity contribution in [2.75, 3.05) is 7.05 Å². The predicted molar refractivity (Wildman–Crippen MR) is 70.8 cm³/mol. The molecule has 0 saturated carbocycles. The van der Waals surface area contributed by atoms with Crippen LogP contribution >= 0.6 is 0 Å². The standard InChI is InChI=1S/C13H15F2N3O3/c1-8(6-13(2,7-16)17-3)21-12-5-9(14)11(18(19)20)4-10(12)15/h4-5,8,17H,6H2,1-3H3. The summed E-state index contributed by atoms with van der Waals surface area (Å²) in [6.07, 6.45) is -0.379. The van der Waals surface area contributed by atoms with E-state index in [4.69, 9.17) is 10.00 Å². The molecule has 0 fully saturated rings. The summed E-state index contributed by atoms with van der Waals surface area (Å²) in [6.45, 7) is 3.23. The van der Waals surface area contributed by atoms with Crippen molar-refractivity contribution in [3.05, 3.63) is 33.9 Å². The second-order valence-corrected chi connectivity index (χ2v) is 4.82. The van der Waals surface area contributed by atoms with Crippen LogP contribution in [0.3, 0.4) is 0 Å². The lowest BCUT2D eigenvalue weighted by molar-refractivity contribution is -0.387. The van der Waals surface area contributed by atoms with E-state index in [1.54, 1.807) is 20.9 Å². The molecule has 0 spiro atoms. The minimum absolute atomic E-state index is 0.220. The number of nitro groups is 1. The van der Waals surface area contributed by atoms with Gasteiger partial charge in [0.2, 0.25) is 5.82 Å². The van der Waals surface area contributed by atoms with Gasteiger partial charge in [-0.1, -0.05) is 0 Å². The lowest BCUT2D eigenvalue weighted by Gasteiger charge is -2.25. The van der Waals surface area contributed by atoms with Gasteiger partial charge in [-0.25, -0.2) is 4.39 Å². The number of benzene rings is 1. The molecule has 2 atom stereocenters. The minimum Gasteiger partial charge on any atom is -0.487 e. The highest BCUT2D eigenvalue weighted by Crippen LogP contribution is 2.28. The molecular weight excluding hydrogens is 284 g/mol. The molecule has 0 radical (unpaired) electrons. The summed E-state index contributed by atoms with van der Waals surface area (Å²) in [5, 5.41) is 22.3. The molecule has 8 heteroatoms. The Hall–Kier alpha value is -2.27. The maximum atomic E-state index is 13.7. The molecule has 0 aromatic heterocycles. The van der Waals surface area contributed by atoms with E-state index in [-0.39, 0.29) is 6.42 Å². The van der Waals surface area contributed by atoms with Crippen LogP contribution in [0.4, 0.5) is 14.5 Å². The highest BCUT2D eigenvalue weighted by Gasteiger charge is 2.26. The third-order valence-corrected chi connectivity index (χ3v) is 3.02. The molecule has 0 aliphatic rings. The van der Waals surface area contributed by atoms with E-state index < -0.39 is 39.6 Å². The summed E-state index contributed by atoms with van der Waals surface area (Å²) >= 11 is 0. The SMILES string of the molecule is CNC(C)(C#N)CC(C)Oc1cc(F)c([N+](=O)[O-])cc1F. The number of ether oxygens (including phenoxy) is 1. The molecule has 1 rings (SSSR count). The number of rotatable bonds is 6. The van der Waals surface area contributed by atoms with Crippen molar-refractivity contribution in [1.82, 2.24) is 5.32 Å². The summed E-state index contributed by atoms with van der Waals surface area (Å²) in [7, 11) is 1.60. The third-order valence-electron chi connectivity index (χ3n) is 3.02. The second kappa shape index (κ2) is 6.45. The van der Waals surface area contributed by atoms with Gasteiger partial charge in [-0.3, -0.25) is 10.1 Å². The monoisotopic (exact) mass is 299 g/mol. The molecule has 0 aliphatic heterocycles. The number of halogens is 2. The molecule has 2 unspecified atom stereocenters. The Morgan fingerprint density at radius 1 is 1.52 bits per heavy atom. The van der Waals surface area contributed by atoms with Crippen LogP contribution in [0.25, 0.3) is 0 Å². The van der Waals surface area contributed by atoms with Crippen molar-refractivity contribution >= 4 is 5.69 Å². The number of nitro benzene ring substituents is 1. The largest absolute Gasteiger partial charge is 0.487 e. The highest BCUT2D eigenvalue weighted by molar-refractivity contribution is 5.39.